The van der Waals surface area contributed by atoms with Crippen LogP contribution in [0.3, 0.4) is 0 Å². The highest BCUT2D eigenvalue weighted by Crippen LogP contribution is 2.37. The Labute approximate surface area is 100 Å². The summed E-state index contributed by atoms with van der Waals surface area (Å²) in [7, 11) is 0. The van der Waals surface area contributed by atoms with E-state index in [-0.39, 0.29) is 6.61 Å². The van der Waals surface area contributed by atoms with E-state index in [0.717, 1.165) is 12.2 Å². The first-order valence-electron chi connectivity index (χ1n) is 5.83. The molecule has 1 aliphatic rings. The van der Waals surface area contributed by atoms with Gasteiger partial charge in [-0.1, -0.05) is 30.3 Å². The Kier molecular flexibility index (Phi) is 2.57. The standard InChI is InChI=1S/C15H14O2/c16-7-8-17-13-5-6-15-12(10-13)9-11-3-1-2-4-14(11)15/h1-6,10,16H,7-9H2. The monoisotopic (exact) mass is 226 g/mol. The Hall–Kier alpha value is -1.80. The topological polar surface area (TPSA) is 29.5 Å². The number of rotatable bonds is 3. The van der Waals surface area contributed by atoms with Gasteiger partial charge in [0.2, 0.25) is 0 Å². The number of aliphatic hydroxyl groups is 1. The van der Waals surface area contributed by atoms with Crippen molar-refractivity contribution >= 4 is 0 Å². The second-order valence-corrected chi connectivity index (χ2v) is 4.22. The molecule has 2 aromatic carbocycles. The fourth-order valence-electron chi connectivity index (χ4n) is 2.37. The Bertz CT molecular complexity index is 546. The molecule has 2 nitrogen and oxygen atoms in total. The number of ether oxygens (including phenoxy) is 1. The average molecular weight is 226 g/mol. The molecule has 0 bridgehead atoms. The summed E-state index contributed by atoms with van der Waals surface area (Å²) in [6.45, 7) is 0.406. The van der Waals surface area contributed by atoms with E-state index in [2.05, 4.69) is 36.4 Å². The molecule has 0 aliphatic heterocycles. The number of benzene rings is 2. The lowest BCUT2D eigenvalue weighted by molar-refractivity contribution is 0.201. The van der Waals surface area contributed by atoms with E-state index >= 15 is 0 Å². The van der Waals surface area contributed by atoms with Gasteiger partial charge < -0.3 is 9.84 Å². The molecule has 1 aliphatic carbocycles. The van der Waals surface area contributed by atoms with Crippen molar-refractivity contribution in [1.29, 1.82) is 0 Å². The molecule has 86 valence electrons. The SMILES string of the molecule is OCCOc1ccc2c(c1)Cc1ccccc1-2. The largest absolute Gasteiger partial charge is 0.491 e. The van der Waals surface area contributed by atoms with Crippen LogP contribution >= 0.6 is 0 Å². The van der Waals surface area contributed by atoms with Crippen molar-refractivity contribution in [3.8, 4) is 16.9 Å². The molecule has 0 aromatic heterocycles. The zero-order valence-corrected chi connectivity index (χ0v) is 9.52. The van der Waals surface area contributed by atoms with Crippen LogP contribution in [0.1, 0.15) is 11.1 Å². The first-order valence-corrected chi connectivity index (χ1v) is 5.83. The summed E-state index contributed by atoms with van der Waals surface area (Å²) in [5.74, 6) is 0.839. The highest BCUT2D eigenvalue weighted by molar-refractivity contribution is 5.77. The highest BCUT2D eigenvalue weighted by Gasteiger charge is 2.17. The minimum absolute atomic E-state index is 0.0529. The van der Waals surface area contributed by atoms with Gasteiger partial charge in [0, 0.05) is 0 Å². The van der Waals surface area contributed by atoms with Gasteiger partial charge >= 0.3 is 0 Å². The summed E-state index contributed by atoms with van der Waals surface area (Å²) >= 11 is 0. The Morgan fingerprint density at radius 2 is 1.82 bits per heavy atom. The molecule has 2 aromatic rings. The lowest BCUT2D eigenvalue weighted by Crippen LogP contribution is -2.01. The lowest BCUT2D eigenvalue weighted by Gasteiger charge is -2.06. The normalized spacial score (nSPS) is 12.1. The maximum atomic E-state index is 8.74. The van der Waals surface area contributed by atoms with Gasteiger partial charge in [-0.15, -0.1) is 0 Å². The second kappa shape index (κ2) is 4.22. The maximum Gasteiger partial charge on any atom is 0.119 e. The summed E-state index contributed by atoms with van der Waals surface area (Å²) in [6.07, 6.45) is 0.974. The minimum Gasteiger partial charge on any atom is -0.491 e. The quantitative estimate of drug-likeness (QED) is 0.744. The first-order chi connectivity index (χ1) is 8.38. The fourth-order valence-corrected chi connectivity index (χ4v) is 2.37. The van der Waals surface area contributed by atoms with Crippen LogP contribution in [0.4, 0.5) is 0 Å². The third-order valence-corrected chi connectivity index (χ3v) is 3.13. The molecule has 0 heterocycles. The third kappa shape index (κ3) is 1.81. The van der Waals surface area contributed by atoms with Crippen LogP contribution in [0.15, 0.2) is 42.5 Å². The molecule has 0 saturated heterocycles. The first kappa shape index (κ1) is 10.4. The molecular formula is C15H14O2. The van der Waals surface area contributed by atoms with E-state index in [4.69, 9.17) is 9.84 Å². The molecule has 0 unspecified atom stereocenters. The van der Waals surface area contributed by atoms with Crippen LogP contribution in [-0.4, -0.2) is 18.3 Å². The van der Waals surface area contributed by atoms with Crippen LogP contribution in [0, 0.1) is 0 Å². The molecule has 17 heavy (non-hydrogen) atoms. The van der Waals surface area contributed by atoms with Gasteiger partial charge in [0.25, 0.3) is 0 Å². The van der Waals surface area contributed by atoms with Crippen molar-refractivity contribution in [3.05, 3.63) is 53.6 Å². The van der Waals surface area contributed by atoms with Gasteiger partial charge in [-0.05, 0) is 40.8 Å². The van der Waals surface area contributed by atoms with E-state index in [1.807, 2.05) is 6.07 Å². The Morgan fingerprint density at radius 3 is 2.71 bits per heavy atom. The molecule has 0 spiro atoms. The van der Waals surface area contributed by atoms with Gasteiger partial charge in [-0.2, -0.15) is 0 Å². The lowest BCUT2D eigenvalue weighted by atomic mass is 10.1. The van der Waals surface area contributed by atoms with Crippen molar-refractivity contribution < 1.29 is 9.84 Å². The van der Waals surface area contributed by atoms with E-state index in [0.29, 0.717) is 6.61 Å². The second-order valence-electron chi connectivity index (χ2n) is 4.22. The van der Waals surface area contributed by atoms with E-state index in [1.165, 1.54) is 22.3 Å². The molecule has 1 N–H and O–H groups in total. The molecular weight excluding hydrogens is 212 g/mol. The Morgan fingerprint density at radius 1 is 1.00 bits per heavy atom. The van der Waals surface area contributed by atoms with E-state index in [1.54, 1.807) is 0 Å². The van der Waals surface area contributed by atoms with Crippen molar-refractivity contribution in [1.82, 2.24) is 0 Å². The summed E-state index contributed by atoms with van der Waals surface area (Å²) in [6, 6.07) is 14.6. The molecule has 0 fully saturated rings. The molecule has 0 radical (unpaired) electrons. The predicted octanol–water partition coefficient (Wildman–Crippen LogP) is 2.63. The molecule has 0 amide bonds. The zero-order valence-electron chi connectivity index (χ0n) is 9.52. The number of aliphatic hydroxyl groups excluding tert-OH is 1. The summed E-state index contributed by atoms with van der Waals surface area (Å²) in [5.41, 5.74) is 5.32. The van der Waals surface area contributed by atoms with Gasteiger partial charge in [0.1, 0.15) is 12.4 Å². The van der Waals surface area contributed by atoms with Crippen LogP contribution in [0.2, 0.25) is 0 Å². The minimum atomic E-state index is 0.0529. The van der Waals surface area contributed by atoms with E-state index < -0.39 is 0 Å². The van der Waals surface area contributed by atoms with Crippen molar-refractivity contribution in [2.45, 2.75) is 6.42 Å². The fraction of sp³-hybridized carbons (Fsp3) is 0.200. The summed E-state index contributed by atoms with van der Waals surface area (Å²) in [4.78, 5) is 0. The summed E-state index contributed by atoms with van der Waals surface area (Å²) in [5, 5.41) is 8.74. The van der Waals surface area contributed by atoms with Crippen molar-refractivity contribution in [2.24, 2.45) is 0 Å². The average Bonchev–Trinajstić information content (AvgIpc) is 2.74. The smallest absolute Gasteiger partial charge is 0.119 e. The number of fused-ring (bicyclic) bond motifs is 3. The summed E-state index contributed by atoms with van der Waals surface area (Å²) < 4.78 is 5.43. The van der Waals surface area contributed by atoms with Crippen LogP contribution in [0.25, 0.3) is 11.1 Å². The van der Waals surface area contributed by atoms with Crippen molar-refractivity contribution in [2.75, 3.05) is 13.2 Å². The zero-order chi connectivity index (χ0) is 11.7. The van der Waals surface area contributed by atoms with Gasteiger partial charge in [-0.25, -0.2) is 0 Å². The third-order valence-electron chi connectivity index (χ3n) is 3.13. The highest BCUT2D eigenvalue weighted by atomic mass is 16.5. The maximum absolute atomic E-state index is 8.74. The van der Waals surface area contributed by atoms with E-state index in [9.17, 15) is 0 Å². The van der Waals surface area contributed by atoms with Gasteiger partial charge in [-0.3, -0.25) is 0 Å². The number of hydrogen-bond donors (Lipinski definition) is 1. The van der Waals surface area contributed by atoms with Crippen LogP contribution < -0.4 is 4.74 Å². The van der Waals surface area contributed by atoms with Crippen molar-refractivity contribution in [3.63, 3.8) is 0 Å². The van der Waals surface area contributed by atoms with Crippen LogP contribution in [0.5, 0.6) is 5.75 Å². The molecule has 2 heteroatoms. The predicted molar refractivity (Wildman–Crippen MR) is 67.3 cm³/mol. The number of hydrogen-bond acceptors (Lipinski definition) is 2. The molecule has 0 atom stereocenters. The Balaban J connectivity index is 1.95. The van der Waals surface area contributed by atoms with Gasteiger partial charge in [0.05, 0.1) is 6.61 Å². The van der Waals surface area contributed by atoms with Gasteiger partial charge in [0.15, 0.2) is 0 Å². The molecule has 3 rings (SSSR count). The van der Waals surface area contributed by atoms with Crippen LogP contribution in [-0.2, 0) is 6.42 Å². The molecule has 0 saturated carbocycles.